The largest absolute Gasteiger partial charge is 0.322 e. The topological polar surface area (TPSA) is 43.8 Å². The van der Waals surface area contributed by atoms with Crippen molar-refractivity contribution in [1.29, 1.82) is 0 Å². The van der Waals surface area contributed by atoms with E-state index in [0.29, 0.717) is 5.02 Å². The maximum atomic E-state index is 13.5. The summed E-state index contributed by atoms with van der Waals surface area (Å²) in [6.45, 7) is 2.02. The summed E-state index contributed by atoms with van der Waals surface area (Å²) in [7, 11) is 0. The average Bonchev–Trinajstić information content (AvgIpc) is 2.64. The molecule has 0 radical (unpaired) electrons. The number of halogens is 3. The van der Waals surface area contributed by atoms with E-state index in [9.17, 15) is 8.78 Å². The molecule has 1 atom stereocenters. The van der Waals surface area contributed by atoms with E-state index < -0.39 is 17.7 Å². The third-order valence-corrected chi connectivity index (χ3v) is 3.16. The van der Waals surface area contributed by atoms with Crippen LogP contribution in [0.5, 0.6) is 0 Å². The highest BCUT2D eigenvalue weighted by molar-refractivity contribution is 6.31. The maximum absolute atomic E-state index is 13.5. The van der Waals surface area contributed by atoms with Crippen molar-refractivity contribution in [2.45, 2.75) is 19.5 Å². The SMILES string of the molecule is Cc1c(Cl)cnn1CC(N)c1cccc(F)c1F. The number of aromatic nitrogens is 2. The van der Waals surface area contributed by atoms with Gasteiger partial charge in [0.25, 0.3) is 0 Å². The van der Waals surface area contributed by atoms with Crippen LogP contribution in [-0.2, 0) is 6.54 Å². The van der Waals surface area contributed by atoms with Gasteiger partial charge in [0, 0.05) is 5.56 Å². The van der Waals surface area contributed by atoms with E-state index >= 15 is 0 Å². The Bertz CT molecular complexity index is 568. The first kappa shape index (κ1) is 13.0. The summed E-state index contributed by atoms with van der Waals surface area (Å²) < 4.78 is 28.2. The highest BCUT2D eigenvalue weighted by atomic mass is 35.5. The van der Waals surface area contributed by atoms with Crippen molar-refractivity contribution in [3.8, 4) is 0 Å². The summed E-state index contributed by atoms with van der Waals surface area (Å²) in [4.78, 5) is 0. The van der Waals surface area contributed by atoms with Crippen molar-refractivity contribution >= 4 is 11.6 Å². The average molecular weight is 272 g/mol. The molecule has 0 aliphatic rings. The number of rotatable bonds is 3. The van der Waals surface area contributed by atoms with Crippen LogP contribution in [0, 0.1) is 18.6 Å². The van der Waals surface area contributed by atoms with E-state index in [1.54, 1.807) is 11.6 Å². The Balaban J connectivity index is 2.25. The monoisotopic (exact) mass is 271 g/mol. The minimum atomic E-state index is -0.916. The molecule has 0 amide bonds. The molecule has 3 nitrogen and oxygen atoms in total. The van der Waals surface area contributed by atoms with Gasteiger partial charge in [-0.05, 0) is 13.0 Å². The molecule has 0 bridgehead atoms. The van der Waals surface area contributed by atoms with Gasteiger partial charge >= 0.3 is 0 Å². The van der Waals surface area contributed by atoms with Gasteiger partial charge < -0.3 is 5.73 Å². The third kappa shape index (κ3) is 2.37. The summed E-state index contributed by atoms with van der Waals surface area (Å²) >= 11 is 5.86. The second-order valence-corrected chi connectivity index (χ2v) is 4.42. The fourth-order valence-electron chi connectivity index (χ4n) is 1.70. The highest BCUT2D eigenvalue weighted by Gasteiger charge is 2.16. The zero-order valence-corrected chi connectivity index (χ0v) is 10.5. The molecule has 1 heterocycles. The molecule has 96 valence electrons. The first-order valence-corrected chi connectivity index (χ1v) is 5.76. The summed E-state index contributed by atoms with van der Waals surface area (Å²) in [5.74, 6) is -1.82. The van der Waals surface area contributed by atoms with E-state index in [-0.39, 0.29) is 12.1 Å². The number of hydrogen-bond acceptors (Lipinski definition) is 2. The van der Waals surface area contributed by atoms with Gasteiger partial charge in [0.05, 0.1) is 29.5 Å². The molecule has 0 aliphatic carbocycles. The summed E-state index contributed by atoms with van der Waals surface area (Å²) in [6.07, 6.45) is 1.49. The lowest BCUT2D eigenvalue weighted by molar-refractivity contribution is 0.461. The molecular formula is C12H12ClF2N3. The molecule has 6 heteroatoms. The van der Waals surface area contributed by atoms with Gasteiger partial charge in [-0.25, -0.2) is 8.78 Å². The molecule has 1 aromatic carbocycles. The smallest absolute Gasteiger partial charge is 0.163 e. The Morgan fingerprint density at radius 2 is 2.17 bits per heavy atom. The predicted molar refractivity (Wildman–Crippen MR) is 65.3 cm³/mol. The first-order chi connectivity index (χ1) is 8.50. The normalized spacial score (nSPS) is 12.7. The number of nitrogens with two attached hydrogens (primary N) is 1. The molecule has 1 aromatic heterocycles. The molecule has 18 heavy (non-hydrogen) atoms. The molecule has 2 rings (SSSR count). The number of nitrogens with zero attached hydrogens (tertiary/aromatic N) is 2. The summed E-state index contributed by atoms with van der Waals surface area (Å²) in [5.41, 5.74) is 6.73. The zero-order valence-electron chi connectivity index (χ0n) is 9.70. The van der Waals surface area contributed by atoms with Crippen molar-refractivity contribution in [2.24, 2.45) is 5.73 Å². The van der Waals surface area contributed by atoms with Gasteiger partial charge in [0.2, 0.25) is 0 Å². The van der Waals surface area contributed by atoms with Crippen LogP contribution in [0.15, 0.2) is 24.4 Å². The fraction of sp³-hybridized carbons (Fsp3) is 0.250. The second kappa shape index (κ2) is 5.04. The number of benzene rings is 1. The van der Waals surface area contributed by atoms with Gasteiger partial charge in [-0.3, -0.25) is 4.68 Å². The van der Waals surface area contributed by atoms with Gasteiger partial charge in [-0.15, -0.1) is 0 Å². The highest BCUT2D eigenvalue weighted by Crippen LogP contribution is 2.21. The molecule has 0 saturated heterocycles. The standard InChI is InChI=1S/C12H12ClF2N3/c1-7-9(13)5-17-18(7)6-11(16)8-3-2-4-10(14)12(8)15/h2-5,11H,6,16H2,1H3. The summed E-state index contributed by atoms with van der Waals surface area (Å²) in [6, 6.07) is 3.26. The van der Waals surface area contributed by atoms with E-state index in [2.05, 4.69) is 5.10 Å². The van der Waals surface area contributed by atoms with Gasteiger partial charge in [-0.2, -0.15) is 5.10 Å². The van der Waals surface area contributed by atoms with Crippen LogP contribution in [0.1, 0.15) is 17.3 Å². The molecule has 0 spiro atoms. The van der Waals surface area contributed by atoms with Gasteiger partial charge in [-0.1, -0.05) is 23.7 Å². The van der Waals surface area contributed by atoms with Crippen molar-refractivity contribution in [2.75, 3.05) is 0 Å². The maximum Gasteiger partial charge on any atom is 0.163 e. The first-order valence-electron chi connectivity index (χ1n) is 5.38. The minimum Gasteiger partial charge on any atom is -0.322 e. The van der Waals surface area contributed by atoms with Crippen LogP contribution in [0.2, 0.25) is 5.02 Å². The lowest BCUT2D eigenvalue weighted by Gasteiger charge is -2.14. The zero-order chi connectivity index (χ0) is 13.3. The van der Waals surface area contributed by atoms with Crippen molar-refractivity contribution < 1.29 is 8.78 Å². The quantitative estimate of drug-likeness (QED) is 0.933. The Morgan fingerprint density at radius 3 is 2.78 bits per heavy atom. The van der Waals surface area contributed by atoms with E-state index in [4.69, 9.17) is 17.3 Å². The van der Waals surface area contributed by atoms with Crippen LogP contribution in [-0.4, -0.2) is 9.78 Å². The molecule has 0 fully saturated rings. The Morgan fingerprint density at radius 1 is 1.44 bits per heavy atom. The van der Waals surface area contributed by atoms with Crippen LogP contribution in [0.3, 0.4) is 0 Å². The molecular weight excluding hydrogens is 260 g/mol. The van der Waals surface area contributed by atoms with Crippen LogP contribution in [0.25, 0.3) is 0 Å². The van der Waals surface area contributed by atoms with Crippen molar-refractivity contribution in [3.63, 3.8) is 0 Å². The lowest BCUT2D eigenvalue weighted by Crippen LogP contribution is -2.20. The van der Waals surface area contributed by atoms with Gasteiger partial charge in [0.1, 0.15) is 0 Å². The Labute approximate surface area is 108 Å². The lowest BCUT2D eigenvalue weighted by atomic mass is 10.1. The van der Waals surface area contributed by atoms with Crippen LogP contribution in [0.4, 0.5) is 8.78 Å². The van der Waals surface area contributed by atoms with Gasteiger partial charge in [0.15, 0.2) is 11.6 Å². The fourth-order valence-corrected chi connectivity index (χ4v) is 1.84. The minimum absolute atomic E-state index is 0.126. The third-order valence-electron chi connectivity index (χ3n) is 2.79. The Hall–Kier alpha value is -1.46. The predicted octanol–water partition coefficient (Wildman–Crippen LogP) is 2.82. The molecule has 1 unspecified atom stereocenters. The van der Waals surface area contributed by atoms with Crippen molar-refractivity contribution in [1.82, 2.24) is 9.78 Å². The summed E-state index contributed by atoms with van der Waals surface area (Å²) in [5, 5.41) is 4.54. The van der Waals surface area contributed by atoms with Crippen molar-refractivity contribution in [3.05, 3.63) is 52.3 Å². The van der Waals surface area contributed by atoms with Crippen LogP contribution < -0.4 is 5.73 Å². The second-order valence-electron chi connectivity index (χ2n) is 4.01. The number of hydrogen-bond donors (Lipinski definition) is 1. The Kier molecular flexibility index (Phi) is 3.63. The molecule has 0 aliphatic heterocycles. The van der Waals surface area contributed by atoms with E-state index in [0.717, 1.165) is 11.8 Å². The molecule has 2 N–H and O–H groups in total. The molecule has 0 saturated carbocycles. The van der Waals surface area contributed by atoms with Crippen LogP contribution >= 0.6 is 11.6 Å². The molecule has 2 aromatic rings. The van der Waals surface area contributed by atoms with E-state index in [1.165, 1.54) is 18.3 Å². The van der Waals surface area contributed by atoms with E-state index in [1.807, 2.05) is 0 Å².